The molecule has 21 heavy (non-hydrogen) atoms. The van der Waals surface area contributed by atoms with Gasteiger partial charge in [-0.3, -0.25) is 9.59 Å². The van der Waals surface area contributed by atoms with Crippen LogP contribution in [0.15, 0.2) is 34.9 Å². The van der Waals surface area contributed by atoms with Crippen molar-refractivity contribution in [3.63, 3.8) is 0 Å². The van der Waals surface area contributed by atoms with Crippen LogP contribution in [-0.4, -0.2) is 12.4 Å². The minimum absolute atomic E-state index is 0.163. The monoisotopic (exact) mass is 285 g/mol. The van der Waals surface area contributed by atoms with Gasteiger partial charge >= 0.3 is 0 Å². The minimum Gasteiger partial charge on any atom is -0.464 e. The van der Waals surface area contributed by atoms with Gasteiger partial charge in [0, 0.05) is 11.6 Å². The van der Waals surface area contributed by atoms with E-state index in [1.165, 1.54) is 6.26 Å². The van der Waals surface area contributed by atoms with Crippen LogP contribution in [0.1, 0.15) is 40.4 Å². The van der Waals surface area contributed by atoms with Gasteiger partial charge in [-0.15, -0.1) is 0 Å². The summed E-state index contributed by atoms with van der Waals surface area (Å²) in [6.07, 6.45) is 3.28. The molecule has 5 nitrogen and oxygen atoms in total. The zero-order valence-corrected chi connectivity index (χ0v) is 11.6. The summed E-state index contributed by atoms with van der Waals surface area (Å²) in [7, 11) is 0. The molecule has 1 amide bonds. The van der Waals surface area contributed by atoms with Crippen LogP contribution in [-0.2, 0) is 4.79 Å². The highest BCUT2D eigenvalue weighted by molar-refractivity contribution is 6.07. The van der Waals surface area contributed by atoms with Gasteiger partial charge in [-0.1, -0.05) is 17.7 Å². The molecule has 0 spiro atoms. The van der Waals surface area contributed by atoms with Gasteiger partial charge in [0.1, 0.15) is 17.6 Å². The molecule has 1 fully saturated rings. The van der Waals surface area contributed by atoms with E-state index in [-0.39, 0.29) is 17.6 Å². The number of ether oxygens (including phenoxy) is 1. The van der Waals surface area contributed by atoms with Crippen molar-refractivity contribution in [1.82, 2.24) is 0 Å². The van der Waals surface area contributed by atoms with Gasteiger partial charge < -0.3 is 14.5 Å². The van der Waals surface area contributed by atoms with Crippen molar-refractivity contribution in [3.05, 3.63) is 47.4 Å². The molecule has 108 valence electrons. The quantitative estimate of drug-likeness (QED) is 0.856. The third kappa shape index (κ3) is 2.81. The fourth-order valence-electron chi connectivity index (χ4n) is 2.19. The number of aryl methyl sites for hydroxylation is 1. The normalized spacial score (nSPS) is 13.8. The number of hydrogen-bond acceptors (Lipinski definition) is 4. The van der Waals surface area contributed by atoms with E-state index in [0.717, 1.165) is 18.4 Å². The summed E-state index contributed by atoms with van der Waals surface area (Å²) in [5, 5.41) is 2.80. The number of anilines is 1. The molecule has 0 radical (unpaired) electrons. The largest absolute Gasteiger partial charge is 0.464 e. The second-order valence-electron chi connectivity index (χ2n) is 5.15. The average Bonchev–Trinajstić information content (AvgIpc) is 3.23. The number of carbonyl (C=O) groups is 2. The first-order valence-corrected chi connectivity index (χ1v) is 6.78. The number of benzene rings is 1. The van der Waals surface area contributed by atoms with Gasteiger partial charge in [-0.05, 0) is 31.9 Å². The maximum atomic E-state index is 12.4. The summed E-state index contributed by atoms with van der Waals surface area (Å²) >= 11 is 0. The second kappa shape index (κ2) is 5.44. The fraction of sp³-hybridized carbons (Fsp3) is 0.250. The molecule has 1 aromatic carbocycles. The molecule has 1 saturated carbocycles. The van der Waals surface area contributed by atoms with Crippen LogP contribution in [0.25, 0.3) is 0 Å². The first kappa shape index (κ1) is 13.4. The lowest BCUT2D eigenvalue weighted by Crippen LogP contribution is -2.14. The Morgan fingerprint density at radius 2 is 2.05 bits per heavy atom. The van der Waals surface area contributed by atoms with Crippen LogP contribution < -0.4 is 10.1 Å². The standard InChI is InChI=1S/C16H15NO4/c1-10-2-6-12(7-3-10)17-16(19)14-13(21-9-18)8-20-15(14)11-4-5-11/h2-3,6-9,11H,4-5H2,1H3,(H,17,19). The van der Waals surface area contributed by atoms with E-state index in [9.17, 15) is 9.59 Å². The van der Waals surface area contributed by atoms with E-state index >= 15 is 0 Å². The average molecular weight is 285 g/mol. The van der Waals surface area contributed by atoms with Crippen LogP contribution in [0.3, 0.4) is 0 Å². The maximum Gasteiger partial charge on any atom is 0.298 e. The number of nitrogens with one attached hydrogen (secondary N) is 1. The molecule has 0 aliphatic heterocycles. The molecule has 1 heterocycles. The predicted octanol–water partition coefficient (Wildman–Crippen LogP) is 3.25. The molecule has 0 atom stereocenters. The van der Waals surface area contributed by atoms with Crippen molar-refractivity contribution >= 4 is 18.1 Å². The summed E-state index contributed by atoms with van der Waals surface area (Å²) in [6.45, 7) is 2.27. The van der Waals surface area contributed by atoms with Gasteiger partial charge in [0.15, 0.2) is 5.75 Å². The summed E-state index contributed by atoms with van der Waals surface area (Å²) < 4.78 is 10.2. The van der Waals surface area contributed by atoms with Crippen molar-refractivity contribution < 1.29 is 18.7 Å². The van der Waals surface area contributed by atoms with Crippen LogP contribution in [0.4, 0.5) is 5.69 Å². The highest BCUT2D eigenvalue weighted by Crippen LogP contribution is 2.44. The highest BCUT2D eigenvalue weighted by Gasteiger charge is 2.34. The maximum absolute atomic E-state index is 12.4. The molecular formula is C16H15NO4. The summed E-state index contributed by atoms with van der Waals surface area (Å²) in [5.74, 6) is 0.673. The second-order valence-corrected chi connectivity index (χ2v) is 5.15. The number of hydrogen-bond donors (Lipinski definition) is 1. The first-order valence-electron chi connectivity index (χ1n) is 6.78. The Labute approximate surface area is 121 Å². The van der Waals surface area contributed by atoms with Crippen LogP contribution in [0.5, 0.6) is 5.75 Å². The van der Waals surface area contributed by atoms with Crippen LogP contribution in [0, 0.1) is 6.92 Å². The number of carbonyl (C=O) groups excluding carboxylic acids is 2. The number of rotatable bonds is 5. The van der Waals surface area contributed by atoms with E-state index in [1.807, 2.05) is 31.2 Å². The Morgan fingerprint density at radius 3 is 2.67 bits per heavy atom. The van der Waals surface area contributed by atoms with Gasteiger partial charge in [-0.25, -0.2) is 0 Å². The van der Waals surface area contributed by atoms with Gasteiger partial charge in [0.2, 0.25) is 0 Å². The lowest BCUT2D eigenvalue weighted by Gasteiger charge is -2.07. The van der Waals surface area contributed by atoms with Crippen molar-refractivity contribution in [2.75, 3.05) is 5.32 Å². The Balaban J connectivity index is 1.87. The van der Waals surface area contributed by atoms with Gasteiger partial charge in [0.05, 0.1) is 0 Å². The first-order chi connectivity index (χ1) is 10.2. The molecule has 0 unspecified atom stereocenters. The summed E-state index contributed by atoms with van der Waals surface area (Å²) in [4.78, 5) is 23.0. The van der Waals surface area contributed by atoms with Crippen LogP contribution in [0.2, 0.25) is 0 Å². The fourth-order valence-corrected chi connectivity index (χ4v) is 2.19. The summed E-state index contributed by atoms with van der Waals surface area (Å²) in [6, 6.07) is 7.47. The molecule has 1 N–H and O–H groups in total. The van der Waals surface area contributed by atoms with E-state index in [1.54, 1.807) is 0 Å². The topological polar surface area (TPSA) is 68.5 Å². The molecule has 1 aliphatic rings. The molecule has 2 aromatic rings. The SMILES string of the molecule is Cc1ccc(NC(=O)c2c(OC=O)coc2C2CC2)cc1. The molecule has 5 heteroatoms. The van der Waals surface area contributed by atoms with Gasteiger partial charge in [0.25, 0.3) is 12.4 Å². The zero-order chi connectivity index (χ0) is 14.8. The van der Waals surface area contributed by atoms with E-state index in [0.29, 0.717) is 23.5 Å². The van der Waals surface area contributed by atoms with Gasteiger partial charge in [-0.2, -0.15) is 0 Å². The molecule has 0 saturated heterocycles. The molecule has 0 bridgehead atoms. The molecule has 3 rings (SSSR count). The zero-order valence-electron chi connectivity index (χ0n) is 11.6. The molecular weight excluding hydrogens is 270 g/mol. The predicted molar refractivity (Wildman–Crippen MR) is 76.5 cm³/mol. The van der Waals surface area contributed by atoms with E-state index in [2.05, 4.69) is 5.32 Å². The molecule has 1 aliphatic carbocycles. The Kier molecular flexibility index (Phi) is 3.48. The van der Waals surface area contributed by atoms with E-state index < -0.39 is 0 Å². The Bertz CT molecular complexity index is 668. The smallest absolute Gasteiger partial charge is 0.298 e. The van der Waals surface area contributed by atoms with Crippen molar-refractivity contribution in [1.29, 1.82) is 0 Å². The lowest BCUT2D eigenvalue weighted by molar-refractivity contribution is -0.120. The molecule has 1 aromatic heterocycles. The van der Waals surface area contributed by atoms with Crippen molar-refractivity contribution in [2.24, 2.45) is 0 Å². The van der Waals surface area contributed by atoms with Crippen molar-refractivity contribution in [3.8, 4) is 5.75 Å². The summed E-state index contributed by atoms with van der Waals surface area (Å²) in [5.41, 5.74) is 2.11. The number of amides is 1. The number of furan rings is 1. The van der Waals surface area contributed by atoms with Crippen LogP contribution >= 0.6 is 0 Å². The Morgan fingerprint density at radius 1 is 1.33 bits per heavy atom. The van der Waals surface area contributed by atoms with E-state index in [4.69, 9.17) is 9.15 Å². The Hall–Kier alpha value is -2.56. The third-order valence-electron chi connectivity index (χ3n) is 3.45. The lowest BCUT2D eigenvalue weighted by atomic mass is 10.1. The van der Waals surface area contributed by atoms with Crippen molar-refractivity contribution in [2.45, 2.75) is 25.7 Å². The minimum atomic E-state index is -0.327. The third-order valence-corrected chi connectivity index (χ3v) is 3.45. The highest BCUT2D eigenvalue weighted by atomic mass is 16.5.